The van der Waals surface area contributed by atoms with Crippen molar-refractivity contribution in [1.29, 1.82) is 0 Å². The number of rotatable bonds is 8. The van der Waals surface area contributed by atoms with Crippen molar-refractivity contribution >= 4 is 5.96 Å². The second-order valence-corrected chi connectivity index (χ2v) is 5.75. The number of guanidine groups is 1. The van der Waals surface area contributed by atoms with Crippen LogP contribution in [0.15, 0.2) is 29.3 Å². The molecule has 1 fully saturated rings. The number of hydrogen-bond acceptors (Lipinski definition) is 2. The smallest absolute Gasteiger partial charge is 0.191 e. The molecule has 1 aromatic carbocycles. The number of nitrogens with zero attached hydrogens (tertiary/aromatic N) is 1. The molecule has 0 spiro atoms. The van der Waals surface area contributed by atoms with Gasteiger partial charge in [-0.1, -0.05) is 31.5 Å². The highest BCUT2D eigenvalue weighted by atomic mass is 16.5. The lowest BCUT2D eigenvalue weighted by Crippen LogP contribution is -2.37. The summed E-state index contributed by atoms with van der Waals surface area (Å²) in [4.78, 5) is 4.68. The maximum Gasteiger partial charge on any atom is 0.191 e. The molecule has 0 aromatic heterocycles. The summed E-state index contributed by atoms with van der Waals surface area (Å²) in [6, 6.07) is 8.25. The van der Waals surface area contributed by atoms with Crippen LogP contribution in [0, 0.1) is 0 Å². The van der Waals surface area contributed by atoms with Crippen LogP contribution >= 0.6 is 0 Å². The third-order valence-electron chi connectivity index (χ3n) is 3.89. The highest BCUT2D eigenvalue weighted by Crippen LogP contribution is 2.27. The first kappa shape index (κ1) is 16.7. The molecule has 4 heteroatoms. The Hall–Kier alpha value is -1.71. The number of unbranched alkanes of at least 4 members (excludes halogenated alkanes) is 1. The molecule has 0 amide bonds. The van der Waals surface area contributed by atoms with Crippen LogP contribution in [0.4, 0.5) is 0 Å². The van der Waals surface area contributed by atoms with Crippen LogP contribution in [0.3, 0.4) is 0 Å². The summed E-state index contributed by atoms with van der Waals surface area (Å²) in [5, 5.41) is 6.66. The van der Waals surface area contributed by atoms with Gasteiger partial charge < -0.3 is 15.4 Å². The minimum Gasteiger partial charge on any atom is -0.490 e. The average molecular weight is 303 g/mol. The lowest BCUT2D eigenvalue weighted by molar-refractivity contribution is 0.119. The topological polar surface area (TPSA) is 45.7 Å². The normalized spacial score (nSPS) is 15.3. The average Bonchev–Trinajstić information content (AvgIpc) is 2.49. The Balaban J connectivity index is 1.95. The number of para-hydroxylation sites is 1. The standard InChI is InChI=1S/C18H29N3O/c1-3-5-13-20-18(19-4-2)21-14-15-9-6-7-12-17(15)22-16-10-8-11-16/h6-7,9,12,16H,3-5,8,10-11,13-14H2,1-2H3,(H2,19,20,21). The van der Waals surface area contributed by atoms with Gasteiger partial charge in [-0.05, 0) is 38.7 Å². The van der Waals surface area contributed by atoms with E-state index < -0.39 is 0 Å². The van der Waals surface area contributed by atoms with Gasteiger partial charge in [0.1, 0.15) is 5.75 Å². The van der Waals surface area contributed by atoms with E-state index in [4.69, 9.17) is 4.74 Å². The molecule has 0 bridgehead atoms. The van der Waals surface area contributed by atoms with Crippen LogP contribution in [0.2, 0.25) is 0 Å². The summed E-state index contributed by atoms with van der Waals surface area (Å²) >= 11 is 0. The first-order valence-electron chi connectivity index (χ1n) is 8.60. The third kappa shape index (κ3) is 5.24. The van der Waals surface area contributed by atoms with Crippen molar-refractivity contribution in [1.82, 2.24) is 10.6 Å². The molecule has 1 aliphatic carbocycles. The van der Waals surface area contributed by atoms with E-state index in [0.29, 0.717) is 12.6 Å². The molecule has 22 heavy (non-hydrogen) atoms. The van der Waals surface area contributed by atoms with Gasteiger partial charge in [-0.2, -0.15) is 0 Å². The molecule has 2 rings (SSSR count). The summed E-state index contributed by atoms with van der Waals surface area (Å²) in [5.41, 5.74) is 1.15. The van der Waals surface area contributed by atoms with Crippen molar-refractivity contribution in [3.8, 4) is 5.75 Å². The molecule has 0 unspecified atom stereocenters. The van der Waals surface area contributed by atoms with E-state index in [0.717, 1.165) is 36.8 Å². The molecule has 4 nitrogen and oxygen atoms in total. The van der Waals surface area contributed by atoms with Crippen molar-refractivity contribution in [3.05, 3.63) is 29.8 Å². The zero-order valence-corrected chi connectivity index (χ0v) is 13.9. The first-order chi connectivity index (χ1) is 10.8. The van der Waals surface area contributed by atoms with E-state index in [2.05, 4.69) is 47.7 Å². The van der Waals surface area contributed by atoms with Crippen molar-refractivity contribution in [3.63, 3.8) is 0 Å². The molecule has 0 atom stereocenters. The molecule has 122 valence electrons. The maximum atomic E-state index is 6.06. The Kier molecular flexibility index (Phi) is 7.07. The van der Waals surface area contributed by atoms with Gasteiger partial charge in [0, 0.05) is 18.7 Å². The van der Waals surface area contributed by atoms with Crippen LogP contribution < -0.4 is 15.4 Å². The molecule has 1 saturated carbocycles. The minimum absolute atomic E-state index is 0.404. The number of nitrogens with one attached hydrogen (secondary N) is 2. The summed E-state index contributed by atoms with van der Waals surface area (Å²) in [6.07, 6.45) is 6.39. The van der Waals surface area contributed by atoms with E-state index in [-0.39, 0.29) is 0 Å². The lowest BCUT2D eigenvalue weighted by atomic mass is 9.96. The monoisotopic (exact) mass is 303 g/mol. The van der Waals surface area contributed by atoms with E-state index >= 15 is 0 Å². The van der Waals surface area contributed by atoms with Crippen molar-refractivity contribution < 1.29 is 4.74 Å². The fourth-order valence-electron chi connectivity index (χ4n) is 2.31. The zero-order chi connectivity index (χ0) is 15.6. The summed E-state index contributed by atoms with van der Waals surface area (Å²) in [6.45, 7) is 6.76. The molecule has 1 aromatic rings. The fourth-order valence-corrected chi connectivity index (χ4v) is 2.31. The van der Waals surface area contributed by atoms with Crippen molar-refractivity contribution in [2.75, 3.05) is 13.1 Å². The molecular formula is C18H29N3O. The summed E-state index contributed by atoms with van der Waals surface area (Å²) in [7, 11) is 0. The molecule has 0 aliphatic heterocycles. The maximum absolute atomic E-state index is 6.06. The van der Waals surface area contributed by atoms with E-state index in [9.17, 15) is 0 Å². The predicted molar refractivity (Wildman–Crippen MR) is 92.4 cm³/mol. The van der Waals surface area contributed by atoms with Crippen LogP contribution in [0.25, 0.3) is 0 Å². The Bertz CT molecular complexity index is 469. The predicted octanol–water partition coefficient (Wildman–Crippen LogP) is 3.47. The van der Waals surface area contributed by atoms with Gasteiger partial charge in [0.15, 0.2) is 5.96 Å². The van der Waals surface area contributed by atoms with Crippen molar-refractivity contribution in [2.24, 2.45) is 4.99 Å². The SMILES string of the molecule is CCCCNC(=NCc1ccccc1OC1CCC1)NCC. The molecular weight excluding hydrogens is 274 g/mol. The van der Waals surface area contributed by atoms with Crippen LogP contribution in [-0.2, 0) is 6.54 Å². The second kappa shape index (κ2) is 9.34. The number of benzene rings is 1. The molecule has 2 N–H and O–H groups in total. The Morgan fingerprint density at radius 3 is 2.73 bits per heavy atom. The van der Waals surface area contributed by atoms with Gasteiger partial charge in [-0.15, -0.1) is 0 Å². The van der Waals surface area contributed by atoms with E-state index in [1.54, 1.807) is 0 Å². The largest absolute Gasteiger partial charge is 0.490 e. The quantitative estimate of drug-likeness (QED) is 0.439. The highest BCUT2D eigenvalue weighted by Gasteiger charge is 2.20. The van der Waals surface area contributed by atoms with Crippen LogP contribution in [0.5, 0.6) is 5.75 Å². The lowest BCUT2D eigenvalue weighted by Gasteiger charge is -2.27. The van der Waals surface area contributed by atoms with Gasteiger partial charge in [-0.3, -0.25) is 0 Å². The van der Waals surface area contributed by atoms with Crippen LogP contribution in [0.1, 0.15) is 51.5 Å². The van der Waals surface area contributed by atoms with E-state index in [1.165, 1.54) is 25.7 Å². The van der Waals surface area contributed by atoms with Gasteiger partial charge in [0.2, 0.25) is 0 Å². The summed E-state index contributed by atoms with van der Waals surface area (Å²) in [5.74, 6) is 1.87. The highest BCUT2D eigenvalue weighted by molar-refractivity contribution is 5.79. The second-order valence-electron chi connectivity index (χ2n) is 5.75. The van der Waals surface area contributed by atoms with Gasteiger partial charge in [0.05, 0.1) is 12.6 Å². The number of hydrogen-bond donors (Lipinski definition) is 2. The molecule has 0 saturated heterocycles. The van der Waals surface area contributed by atoms with Gasteiger partial charge in [-0.25, -0.2) is 4.99 Å². The van der Waals surface area contributed by atoms with Crippen LogP contribution in [-0.4, -0.2) is 25.2 Å². The van der Waals surface area contributed by atoms with Gasteiger partial charge >= 0.3 is 0 Å². The Morgan fingerprint density at radius 2 is 2.05 bits per heavy atom. The third-order valence-corrected chi connectivity index (χ3v) is 3.89. The van der Waals surface area contributed by atoms with Crippen molar-refractivity contribution in [2.45, 2.75) is 58.6 Å². The molecule has 0 radical (unpaired) electrons. The molecule has 0 heterocycles. The molecule has 1 aliphatic rings. The zero-order valence-electron chi connectivity index (χ0n) is 13.9. The van der Waals surface area contributed by atoms with Gasteiger partial charge in [0.25, 0.3) is 0 Å². The number of ether oxygens (including phenoxy) is 1. The first-order valence-corrected chi connectivity index (χ1v) is 8.60. The Labute approximate surface area is 134 Å². The number of aliphatic imine (C=N–C) groups is 1. The minimum atomic E-state index is 0.404. The fraction of sp³-hybridized carbons (Fsp3) is 0.611. The summed E-state index contributed by atoms with van der Waals surface area (Å²) < 4.78 is 6.06. The Morgan fingerprint density at radius 1 is 1.23 bits per heavy atom. The van der Waals surface area contributed by atoms with E-state index in [1.807, 2.05) is 6.07 Å².